The molecule has 5 rings (SSSR count). The molecule has 0 N–H and O–H groups in total. The van der Waals surface area contributed by atoms with Gasteiger partial charge in [-0.3, -0.25) is 0 Å². The lowest BCUT2D eigenvalue weighted by molar-refractivity contribution is 0.354. The Balaban J connectivity index is 1.73. The van der Waals surface area contributed by atoms with E-state index in [2.05, 4.69) is 79.1 Å². The Morgan fingerprint density at radius 3 is 2.31 bits per heavy atom. The molecular weight excluding hydrogens is 316 g/mol. The first-order valence-corrected chi connectivity index (χ1v) is 9.92. The Hall–Kier alpha value is -2.22. The quantitative estimate of drug-likeness (QED) is 0.661. The molecule has 26 heavy (non-hydrogen) atoms. The topological polar surface area (TPSA) is 6.48 Å². The van der Waals surface area contributed by atoms with E-state index in [1.165, 1.54) is 53.9 Å². The van der Waals surface area contributed by atoms with Gasteiger partial charge in [-0.15, -0.1) is 0 Å². The normalized spacial score (nSPS) is 28.6. The minimum atomic E-state index is -0.439. The molecular formula is C24H28N2. The standard InChI is InChI=1S/C24H28N2/c1-17-10-4-8-14-21(17)25-16-26-22-15-9-7-13-20(22)24(3,23(26)18(25)2)19-11-5-6-12-19/h4,7-10,13-15,19H,5-6,11-12,16H2,1-3H3/i16D. The van der Waals surface area contributed by atoms with E-state index in [1.807, 2.05) is 0 Å². The summed E-state index contributed by atoms with van der Waals surface area (Å²) in [5, 5.41) is 0. The average molecular weight is 346 g/mol. The van der Waals surface area contributed by atoms with Gasteiger partial charge in [-0.1, -0.05) is 49.2 Å². The van der Waals surface area contributed by atoms with Crippen molar-refractivity contribution in [2.24, 2.45) is 5.92 Å². The Kier molecular flexibility index (Phi) is 3.23. The number of allylic oxidation sites excluding steroid dienone is 2. The molecule has 1 aliphatic carbocycles. The number of hydrogen-bond donors (Lipinski definition) is 0. The van der Waals surface area contributed by atoms with Crippen LogP contribution < -0.4 is 9.80 Å². The lowest BCUT2D eigenvalue weighted by Crippen LogP contribution is -2.33. The van der Waals surface area contributed by atoms with Crippen LogP contribution in [-0.4, -0.2) is 6.64 Å². The zero-order valence-corrected chi connectivity index (χ0v) is 16.0. The van der Waals surface area contributed by atoms with Gasteiger partial charge in [0.2, 0.25) is 0 Å². The number of fused-ring (bicyclic) bond motifs is 3. The van der Waals surface area contributed by atoms with Crippen molar-refractivity contribution in [3.05, 3.63) is 71.1 Å². The van der Waals surface area contributed by atoms with E-state index in [0.717, 1.165) is 5.69 Å². The van der Waals surface area contributed by atoms with Crippen LogP contribution in [0.3, 0.4) is 0 Å². The van der Waals surface area contributed by atoms with E-state index < -0.39 is 6.64 Å². The second-order valence-corrected chi connectivity index (χ2v) is 8.28. The third kappa shape index (κ3) is 1.99. The monoisotopic (exact) mass is 345 g/mol. The Morgan fingerprint density at radius 1 is 0.923 bits per heavy atom. The highest BCUT2D eigenvalue weighted by Crippen LogP contribution is 2.58. The lowest BCUT2D eigenvalue weighted by Gasteiger charge is -2.34. The molecule has 0 saturated heterocycles. The van der Waals surface area contributed by atoms with E-state index in [-0.39, 0.29) is 5.41 Å². The van der Waals surface area contributed by atoms with Gasteiger partial charge < -0.3 is 9.80 Å². The van der Waals surface area contributed by atoms with Crippen molar-refractivity contribution in [1.29, 1.82) is 0 Å². The van der Waals surface area contributed by atoms with Gasteiger partial charge in [-0.25, -0.2) is 0 Å². The van der Waals surface area contributed by atoms with Crippen molar-refractivity contribution in [2.75, 3.05) is 16.4 Å². The maximum atomic E-state index is 9.17. The SMILES string of the molecule is [2H]C1N(c2ccccc2C)C(C)=C2N1c1ccccc1C2(C)C1CCCC1. The number of rotatable bonds is 2. The summed E-state index contributed by atoms with van der Waals surface area (Å²) in [5.74, 6) is 0.664. The molecule has 2 aromatic rings. The van der Waals surface area contributed by atoms with Crippen LogP contribution >= 0.6 is 0 Å². The zero-order chi connectivity index (χ0) is 18.8. The Labute approximate surface area is 158 Å². The highest BCUT2D eigenvalue weighted by molar-refractivity contribution is 5.77. The maximum absolute atomic E-state index is 9.17. The molecule has 3 aliphatic rings. The molecule has 2 unspecified atom stereocenters. The van der Waals surface area contributed by atoms with Gasteiger partial charge >= 0.3 is 0 Å². The van der Waals surface area contributed by atoms with Gasteiger partial charge in [-0.05, 0) is 62.8 Å². The highest BCUT2D eigenvalue weighted by atomic mass is 15.4. The van der Waals surface area contributed by atoms with Crippen molar-refractivity contribution in [2.45, 2.75) is 51.9 Å². The number of hydrogen-bond acceptors (Lipinski definition) is 2. The molecule has 2 heterocycles. The molecule has 2 nitrogen and oxygen atoms in total. The minimum absolute atomic E-state index is 0.00785. The van der Waals surface area contributed by atoms with Gasteiger partial charge in [-0.2, -0.15) is 0 Å². The molecule has 0 spiro atoms. The van der Waals surface area contributed by atoms with E-state index in [0.29, 0.717) is 5.92 Å². The molecule has 134 valence electrons. The summed E-state index contributed by atoms with van der Waals surface area (Å²) in [4.78, 5) is 4.53. The summed E-state index contributed by atoms with van der Waals surface area (Å²) in [6.45, 7) is 6.37. The summed E-state index contributed by atoms with van der Waals surface area (Å²) in [7, 11) is 0. The van der Waals surface area contributed by atoms with Crippen LogP contribution in [0.1, 0.15) is 52.0 Å². The van der Waals surface area contributed by atoms with Crippen LogP contribution in [0.15, 0.2) is 59.9 Å². The smallest absolute Gasteiger partial charge is 0.0995 e. The van der Waals surface area contributed by atoms with Crippen molar-refractivity contribution in [3.63, 3.8) is 0 Å². The number of aryl methyl sites for hydroxylation is 1. The lowest BCUT2D eigenvalue weighted by atomic mass is 9.70. The number of anilines is 2. The van der Waals surface area contributed by atoms with E-state index in [4.69, 9.17) is 1.37 Å². The molecule has 2 atom stereocenters. The van der Waals surface area contributed by atoms with Crippen molar-refractivity contribution in [1.82, 2.24) is 0 Å². The van der Waals surface area contributed by atoms with Crippen molar-refractivity contribution < 1.29 is 1.37 Å². The van der Waals surface area contributed by atoms with Gasteiger partial charge in [0.1, 0.15) is 0 Å². The van der Waals surface area contributed by atoms with Gasteiger partial charge in [0, 0.05) is 28.2 Å². The molecule has 0 radical (unpaired) electrons. The number of benzene rings is 2. The molecule has 1 fully saturated rings. The summed E-state index contributed by atoms with van der Waals surface area (Å²) >= 11 is 0. The summed E-state index contributed by atoms with van der Waals surface area (Å²) in [6, 6.07) is 17.3. The highest BCUT2D eigenvalue weighted by Gasteiger charge is 2.53. The molecule has 2 aromatic carbocycles. The number of para-hydroxylation sites is 2. The van der Waals surface area contributed by atoms with Crippen LogP contribution in [0.5, 0.6) is 0 Å². The predicted octanol–water partition coefficient (Wildman–Crippen LogP) is 5.97. The first-order chi connectivity index (χ1) is 13.0. The van der Waals surface area contributed by atoms with E-state index in [1.54, 1.807) is 0 Å². The molecule has 1 saturated carbocycles. The van der Waals surface area contributed by atoms with Crippen molar-refractivity contribution in [3.8, 4) is 0 Å². The second kappa shape index (κ2) is 5.64. The summed E-state index contributed by atoms with van der Waals surface area (Å²) in [6.07, 6.45) is 5.26. The van der Waals surface area contributed by atoms with Gasteiger partial charge in [0.05, 0.1) is 8.02 Å². The fourth-order valence-corrected chi connectivity index (χ4v) is 5.60. The first-order valence-electron chi connectivity index (χ1n) is 10.5. The molecule has 2 heteroatoms. The summed E-state index contributed by atoms with van der Waals surface area (Å²) in [5.41, 5.74) is 7.65. The van der Waals surface area contributed by atoms with Crippen LogP contribution in [0, 0.1) is 12.8 Å². The third-order valence-electron chi connectivity index (χ3n) is 6.94. The Bertz CT molecular complexity index is 927. The predicted molar refractivity (Wildman–Crippen MR) is 109 cm³/mol. The third-order valence-corrected chi connectivity index (χ3v) is 6.94. The molecule has 0 bridgehead atoms. The van der Waals surface area contributed by atoms with Crippen molar-refractivity contribution >= 4 is 11.4 Å². The largest absolute Gasteiger partial charge is 0.325 e. The first kappa shape index (κ1) is 14.9. The molecule has 2 aliphatic heterocycles. The molecule has 0 aromatic heterocycles. The minimum Gasteiger partial charge on any atom is -0.325 e. The van der Waals surface area contributed by atoms with Gasteiger partial charge in [0.15, 0.2) is 0 Å². The molecule has 0 amide bonds. The van der Waals surface area contributed by atoms with Crippen LogP contribution in [0.25, 0.3) is 0 Å². The Morgan fingerprint density at radius 2 is 1.58 bits per heavy atom. The second-order valence-electron chi connectivity index (χ2n) is 8.28. The van der Waals surface area contributed by atoms with Crippen LogP contribution in [0.2, 0.25) is 0 Å². The maximum Gasteiger partial charge on any atom is 0.0995 e. The fraction of sp³-hybridized carbons (Fsp3) is 0.417. The average Bonchev–Trinajstić information content (AvgIpc) is 3.35. The van der Waals surface area contributed by atoms with Crippen LogP contribution in [-0.2, 0) is 5.41 Å². The van der Waals surface area contributed by atoms with Crippen LogP contribution in [0.4, 0.5) is 11.4 Å². The van der Waals surface area contributed by atoms with E-state index >= 15 is 0 Å². The van der Waals surface area contributed by atoms with Gasteiger partial charge in [0.25, 0.3) is 0 Å². The summed E-state index contributed by atoms with van der Waals surface area (Å²) < 4.78 is 9.17. The fourth-order valence-electron chi connectivity index (χ4n) is 5.60. The number of nitrogens with zero attached hydrogens (tertiary/aromatic N) is 2. The zero-order valence-electron chi connectivity index (χ0n) is 17.0. The van der Waals surface area contributed by atoms with E-state index in [9.17, 15) is 0 Å².